The molecule has 2 heterocycles. The maximum absolute atomic E-state index is 13.2. The number of nitrogens with one attached hydrogen (secondary N) is 1. The number of pyridine rings is 1. The third-order valence-electron chi connectivity index (χ3n) is 4.78. The lowest BCUT2D eigenvalue weighted by atomic mass is 10.0. The van der Waals surface area contributed by atoms with Crippen LogP contribution in [0.15, 0.2) is 24.3 Å². The average molecular weight is 330 g/mol. The number of halogens is 1. The number of fused-ring (bicyclic) bond motifs is 1. The van der Waals surface area contributed by atoms with Gasteiger partial charge >= 0.3 is 0 Å². The number of hydrogen-bond donors (Lipinski definition) is 1. The monoisotopic (exact) mass is 329 g/mol. The van der Waals surface area contributed by atoms with Crippen LogP contribution in [0.25, 0.3) is 10.9 Å². The second kappa shape index (κ2) is 5.77. The summed E-state index contributed by atoms with van der Waals surface area (Å²) in [6.45, 7) is 4.51. The summed E-state index contributed by atoms with van der Waals surface area (Å²) in [5, 5.41) is 4.83. The molecule has 1 saturated heterocycles. The van der Waals surface area contributed by atoms with Crippen molar-refractivity contribution >= 4 is 28.4 Å². The number of rotatable bonds is 2. The molecule has 2 aliphatic rings. The minimum absolute atomic E-state index is 0.0931. The molecule has 0 bridgehead atoms. The van der Waals surface area contributed by atoms with E-state index in [1.54, 1.807) is 0 Å². The summed E-state index contributed by atoms with van der Waals surface area (Å²) in [7, 11) is 0. The van der Waals surface area contributed by atoms with Crippen LogP contribution in [0.5, 0.6) is 0 Å². The molecule has 23 heavy (non-hydrogen) atoms. The molecule has 1 aliphatic heterocycles. The lowest BCUT2D eigenvalue weighted by Gasteiger charge is -2.34. The number of amides is 1. The van der Waals surface area contributed by atoms with E-state index < -0.39 is 0 Å². The number of hydrogen-bond acceptors (Lipinski definition) is 3. The van der Waals surface area contributed by atoms with Crippen molar-refractivity contribution in [1.29, 1.82) is 0 Å². The molecule has 0 unspecified atom stereocenters. The zero-order valence-electron chi connectivity index (χ0n) is 13.2. The van der Waals surface area contributed by atoms with E-state index in [0.717, 1.165) is 41.8 Å². The zero-order chi connectivity index (χ0) is 16.0. The Balaban J connectivity index is 1.83. The van der Waals surface area contributed by atoms with Crippen molar-refractivity contribution in [2.45, 2.75) is 31.7 Å². The van der Waals surface area contributed by atoms with Gasteiger partial charge in [-0.3, -0.25) is 9.78 Å². The average Bonchev–Trinajstić information content (AvgIpc) is 3.38. The molecular formula is C18H20ClN3O. The fourth-order valence-electron chi connectivity index (χ4n) is 3.28. The summed E-state index contributed by atoms with van der Waals surface area (Å²) >= 11 is 6.16. The van der Waals surface area contributed by atoms with Gasteiger partial charge in [0, 0.05) is 47.7 Å². The Hall–Kier alpha value is -1.65. The summed E-state index contributed by atoms with van der Waals surface area (Å²) in [6.07, 6.45) is 2.34. The van der Waals surface area contributed by atoms with E-state index in [1.807, 2.05) is 29.2 Å². The van der Waals surface area contributed by atoms with Crippen LogP contribution in [-0.2, 0) is 0 Å². The van der Waals surface area contributed by atoms with Gasteiger partial charge in [0.1, 0.15) is 0 Å². The van der Waals surface area contributed by atoms with E-state index in [4.69, 9.17) is 16.6 Å². The van der Waals surface area contributed by atoms with Crippen LogP contribution in [0.1, 0.15) is 41.7 Å². The van der Waals surface area contributed by atoms with Crippen LogP contribution in [-0.4, -0.2) is 41.5 Å². The lowest BCUT2D eigenvalue weighted by molar-refractivity contribution is 0.0657. The highest BCUT2D eigenvalue weighted by Gasteiger charge is 2.29. The first-order valence-corrected chi connectivity index (χ1v) is 8.63. The summed E-state index contributed by atoms with van der Waals surface area (Å²) in [4.78, 5) is 19.9. The number of nitrogens with zero attached hydrogens (tertiary/aromatic N) is 2. The number of benzene rings is 1. The van der Waals surface area contributed by atoms with E-state index in [0.29, 0.717) is 10.9 Å². The highest BCUT2D eigenvalue weighted by molar-refractivity contribution is 6.31. The number of carbonyl (C=O) groups excluding carboxylic acids is 1. The molecule has 2 fully saturated rings. The Labute approximate surface area is 140 Å². The molecule has 4 rings (SSSR count). The molecule has 4 nitrogen and oxygen atoms in total. The van der Waals surface area contributed by atoms with Crippen molar-refractivity contribution in [3.05, 3.63) is 40.5 Å². The summed E-state index contributed by atoms with van der Waals surface area (Å²) in [5.74, 6) is 0.609. The Morgan fingerprint density at radius 2 is 2.17 bits per heavy atom. The van der Waals surface area contributed by atoms with E-state index in [2.05, 4.69) is 12.2 Å². The SMILES string of the molecule is C[C@@H]1CNCCN1C(=O)c1cc(C2CC2)nc2ccc(Cl)cc12. The van der Waals surface area contributed by atoms with Gasteiger partial charge in [-0.2, -0.15) is 0 Å². The Morgan fingerprint density at radius 1 is 1.35 bits per heavy atom. The quantitative estimate of drug-likeness (QED) is 0.920. The molecule has 0 spiro atoms. The maximum atomic E-state index is 13.2. The second-order valence-corrected chi connectivity index (χ2v) is 7.02. The molecule has 1 aliphatic carbocycles. The van der Waals surface area contributed by atoms with Gasteiger partial charge in [-0.05, 0) is 44.0 Å². The van der Waals surface area contributed by atoms with Crippen LogP contribution in [0.2, 0.25) is 5.02 Å². The van der Waals surface area contributed by atoms with Gasteiger partial charge in [-0.25, -0.2) is 0 Å². The van der Waals surface area contributed by atoms with Crippen molar-refractivity contribution in [2.75, 3.05) is 19.6 Å². The Kier molecular flexibility index (Phi) is 3.74. The van der Waals surface area contributed by atoms with Crippen molar-refractivity contribution in [1.82, 2.24) is 15.2 Å². The minimum atomic E-state index is 0.0931. The minimum Gasteiger partial charge on any atom is -0.333 e. The molecule has 1 aromatic carbocycles. The third-order valence-corrected chi connectivity index (χ3v) is 5.01. The first-order valence-electron chi connectivity index (χ1n) is 8.25. The molecule has 2 aromatic rings. The van der Waals surface area contributed by atoms with Gasteiger partial charge in [0.25, 0.3) is 5.91 Å². The lowest BCUT2D eigenvalue weighted by Crippen LogP contribution is -2.52. The second-order valence-electron chi connectivity index (χ2n) is 6.58. The largest absolute Gasteiger partial charge is 0.333 e. The molecule has 1 N–H and O–H groups in total. The normalized spacial score (nSPS) is 21.7. The van der Waals surface area contributed by atoms with E-state index in [1.165, 1.54) is 12.8 Å². The predicted octanol–water partition coefficient (Wildman–Crippen LogP) is 3.20. The van der Waals surface area contributed by atoms with Gasteiger partial charge < -0.3 is 10.2 Å². The molecule has 5 heteroatoms. The first-order chi connectivity index (χ1) is 11.1. The van der Waals surface area contributed by atoms with Gasteiger partial charge in [0.15, 0.2) is 0 Å². The van der Waals surface area contributed by atoms with Crippen LogP contribution in [0.4, 0.5) is 0 Å². The van der Waals surface area contributed by atoms with Gasteiger partial charge in [0.05, 0.1) is 11.1 Å². The molecule has 1 amide bonds. The fourth-order valence-corrected chi connectivity index (χ4v) is 3.45. The van der Waals surface area contributed by atoms with Crippen LogP contribution in [0, 0.1) is 0 Å². The standard InChI is InChI=1S/C18H20ClN3O/c1-11-10-20-6-7-22(11)18(23)15-9-17(12-2-3-12)21-16-5-4-13(19)8-14(15)16/h4-5,8-9,11-12,20H,2-3,6-7,10H2,1H3/t11-/m1/s1. The van der Waals surface area contributed by atoms with E-state index in [9.17, 15) is 4.79 Å². The molecule has 1 saturated carbocycles. The van der Waals surface area contributed by atoms with Crippen molar-refractivity contribution in [3.8, 4) is 0 Å². The van der Waals surface area contributed by atoms with E-state index >= 15 is 0 Å². The van der Waals surface area contributed by atoms with E-state index in [-0.39, 0.29) is 11.9 Å². The topological polar surface area (TPSA) is 45.2 Å². The fraction of sp³-hybridized carbons (Fsp3) is 0.444. The molecular weight excluding hydrogens is 310 g/mol. The van der Waals surface area contributed by atoms with Gasteiger partial charge in [0.2, 0.25) is 0 Å². The molecule has 120 valence electrons. The van der Waals surface area contributed by atoms with Crippen LogP contribution < -0.4 is 5.32 Å². The van der Waals surface area contributed by atoms with Gasteiger partial charge in [-0.1, -0.05) is 11.6 Å². The highest BCUT2D eigenvalue weighted by Crippen LogP contribution is 2.40. The van der Waals surface area contributed by atoms with Crippen molar-refractivity contribution in [3.63, 3.8) is 0 Å². The summed E-state index contributed by atoms with van der Waals surface area (Å²) in [6, 6.07) is 7.81. The Bertz CT molecular complexity index is 772. The summed E-state index contributed by atoms with van der Waals surface area (Å²) < 4.78 is 0. The van der Waals surface area contributed by atoms with Gasteiger partial charge in [-0.15, -0.1) is 0 Å². The number of carbonyl (C=O) groups is 1. The predicted molar refractivity (Wildman–Crippen MR) is 92.1 cm³/mol. The summed E-state index contributed by atoms with van der Waals surface area (Å²) in [5.41, 5.74) is 2.66. The smallest absolute Gasteiger partial charge is 0.254 e. The highest BCUT2D eigenvalue weighted by atomic mass is 35.5. The molecule has 1 aromatic heterocycles. The zero-order valence-corrected chi connectivity index (χ0v) is 13.9. The van der Waals surface area contributed by atoms with Crippen molar-refractivity contribution < 1.29 is 4.79 Å². The van der Waals surface area contributed by atoms with Crippen LogP contribution in [0.3, 0.4) is 0 Å². The molecule has 1 atom stereocenters. The number of aromatic nitrogens is 1. The van der Waals surface area contributed by atoms with Crippen LogP contribution >= 0.6 is 11.6 Å². The maximum Gasteiger partial charge on any atom is 0.254 e. The third kappa shape index (κ3) is 2.81. The molecule has 0 radical (unpaired) electrons. The Morgan fingerprint density at radius 3 is 2.91 bits per heavy atom. The van der Waals surface area contributed by atoms with Crippen molar-refractivity contribution in [2.24, 2.45) is 0 Å². The number of piperazine rings is 1. The first kappa shape index (κ1) is 14.9.